The highest BCUT2D eigenvalue weighted by atomic mass is 19.4. The first-order valence-electron chi connectivity index (χ1n) is 8.80. The van der Waals surface area contributed by atoms with Crippen molar-refractivity contribution in [1.82, 2.24) is 5.43 Å². The number of nitrogens with one attached hydrogen (secondary N) is 2. The molecule has 0 fully saturated rings. The van der Waals surface area contributed by atoms with Crippen molar-refractivity contribution >= 4 is 23.5 Å². The standard InChI is InChI=1S/C20H15F3N4O4/c21-20(22,23)14-2-1-3-15(10-14)24-12-19(28)26-25-11-17-8-9-18(31-17)13-4-6-16(7-5-13)27(29)30/h1-11,24H,12H2,(H,26,28). The number of benzene rings is 2. The van der Waals surface area contributed by atoms with Crippen LogP contribution >= 0.6 is 0 Å². The number of hydrazone groups is 1. The first-order chi connectivity index (χ1) is 14.7. The Hall–Kier alpha value is -4.15. The van der Waals surface area contributed by atoms with E-state index in [1.165, 1.54) is 30.5 Å². The smallest absolute Gasteiger partial charge is 0.416 e. The van der Waals surface area contributed by atoms with Gasteiger partial charge in [0.1, 0.15) is 11.5 Å². The number of anilines is 1. The van der Waals surface area contributed by atoms with E-state index in [0.717, 1.165) is 12.1 Å². The maximum absolute atomic E-state index is 12.7. The number of rotatable bonds is 7. The number of carbonyl (C=O) groups excluding carboxylic acids is 1. The number of halogens is 3. The summed E-state index contributed by atoms with van der Waals surface area (Å²) in [5.41, 5.74) is 2.13. The molecule has 0 aliphatic rings. The fourth-order valence-corrected chi connectivity index (χ4v) is 2.52. The van der Waals surface area contributed by atoms with Gasteiger partial charge in [0.25, 0.3) is 11.6 Å². The lowest BCUT2D eigenvalue weighted by molar-refractivity contribution is -0.384. The zero-order chi connectivity index (χ0) is 22.4. The normalized spacial score (nSPS) is 11.5. The van der Waals surface area contributed by atoms with Crippen molar-refractivity contribution in [2.45, 2.75) is 6.18 Å². The van der Waals surface area contributed by atoms with Crippen LogP contribution in [0.4, 0.5) is 24.5 Å². The SMILES string of the molecule is O=C(CNc1cccc(C(F)(F)F)c1)NN=Cc1ccc(-c2ccc([N+](=O)[O-])cc2)o1. The quantitative estimate of drug-likeness (QED) is 0.326. The third kappa shape index (κ3) is 5.92. The summed E-state index contributed by atoms with van der Waals surface area (Å²) < 4.78 is 43.6. The van der Waals surface area contributed by atoms with Gasteiger partial charge >= 0.3 is 6.18 Å². The summed E-state index contributed by atoms with van der Waals surface area (Å²) in [4.78, 5) is 22.0. The van der Waals surface area contributed by atoms with Crippen molar-refractivity contribution < 1.29 is 27.3 Å². The lowest BCUT2D eigenvalue weighted by Gasteiger charge is -2.09. The summed E-state index contributed by atoms with van der Waals surface area (Å²) in [5.74, 6) is 0.198. The summed E-state index contributed by atoms with van der Waals surface area (Å²) in [6.45, 7) is -0.287. The molecule has 0 bridgehead atoms. The number of non-ortho nitro benzene ring substituents is 1. The maximum Gasteiger partial charge on any atom is 0.416 e. The molecule has 0 saturated heterocycles. The van der Waals surface area contributed by atoms with Gasteiger partial charge in [-0.15, -0.1) is 0 Å². The van der Waals surface area contributed by atoms with Gasteiger partial charge < -0.3 is 9.73 Å². The van der Waals surface area contributed by atoms with Crippen molar-refractivity contribution in [3.05, 3.63) is 82.1 Å². The van der Waals surface area contributed by atoms with E-state index in [1.54, 1.807) is 24.3 Å². The molecule has 2 N–H and O–H groups in total. The predicted molar refractivity (Wildman–Crippen MR) is 106 cm³/mol. The topological polar surface area (TPSA) is 110 Å². The number of alkyl halides is 3. The molecule has 3 aromatic rings. The molecule has 0 aliphatic carbocycles. The van der Waals surface area contributed by atoms with Gasteiger partial charge in [0.15, 0.2) is 0 Å². The summed E-state index contributed by atoms with van der Waals surface area (Å²) in [5, 5.41) is 17.0. The minimum absolute atomic E-state index is 0.0430. The Bertz CT molecular complexity index is 1110. The van der Waals surface area contributed by atoms with Crippen LogP contribution in [-0.4, -0.2) is 23.6 Å². The zero-order valence-electron chi connectivity index (χ0n) is 15.7. The fraction of sp³-hybridized carbons (Fsp3) is 0.100. The molecule has 0 atom stereocenters. The largest absolute Gasteiger partial charge is 0.455 e. The van der Waals surface area contributed by atoms with Crippen LogP contribution < -0.4 is 10.7 Å². The molecular formula is C20H15F3N4O4. The van der Waals surface area contributed by atoms with Crippen LogP contribution in [0.15, 0.2) is 70.2 Å². The van der Waals surface area contributed by atoms with Crippen LogP contribution in [0.2, 0.25) is 0 Å². The monoisotopic (exact) mass is 432 g/mol. The highest BCUT2D eigenvalue weighted by Crippen LogP contribution is 2.30. The summed E-state index contributed by atoms with van der Waals surface area (Å²) in [7, 11) is 0. The molecule has 3 rings (SSSR count). The Kier molecular flexibility index (Phi) is 6.34. The second kappa shape index (κ2) is 9.11. The minimum atomic E-state index is -4.47. The van der Waals surface area contributed by atoms with E-state index in [4.69, 9.17) is 4.42 Å². The fourth-order valence-electron chi connectivity index (χ4n) is 2.52. The molecule has 0 unspecified atom stereocenters. The molecule has 0 aliphatic heterocycles. The molecule has 2 aromatic carbocycles. The van der Waals surface area contributed by atoms with Gasteiger partial charge in [-0.05, 0) is 42.5 Å². The van der Waals surface area contributed by atoms with E-state index >= 15 is 0 Å². The van der Waals surface area contributed by atoms with Crippen LogP contribution in [0.25, 0.3) is 11.3 Å². The number of carbonyl (C=O) groups is 1. The van der Waals surface area contributed by atoms with Crippen LogP contribution in [0.5, 0.6) is 0 Å². The maximum atomic E-state index is 12.7. The van der Waals surface area contributed by atoms with Crippen molar-refractivity contribution in [2.75, 3.05) is 11.9 Å². The van der Waals surface area contributed by atoms with Crippen LogP contribution in [0.1, 0.15) is 11.3 Å². The molecule has 0 radical (unpaired) electrons. The average Bonchev–Trinajstić information content (AvgIpc) is 3.21. The number of hydrogen-bond donors (Lipinski definition) is 2. The van der Waals surface area contributed by atoms with Crippen molar-refractivity contribution in [1.29, 1.82) is 0 Å². The van der Waals surface area contributed by atoms with Gasteiger partial charge in [0.05, 0.1) is 23.2 Å². The number of nitrogens with zero attached hydrogens (tertiary/aromatic N) is 2. The Morgan fingerprint density at radius 3 is 2.55 bits per heavy atom. The van der Waals surface area contributed by atoms with E-state index in [9.17, 15) is 28.1 Å². The molecule has 0 saturated carbocycles. The van der Waals surface area contributed by atoms with Gasteiger partial charge in [-0.1, -0.05) is 6.07 Å². The minimum Gasteiger partial charge on any atom is -0.455 e. The van der Waals surface area contributed by atoms with E-state index in [-0.39, 0.29) is 17.9 Å². The third-order valence-corrected chi connectivity index (χ3v) is 4.01. The number of amides is 1. The van der Waals surface area contributed by atoms with Crippen molar-refractivity contribution in [2.24, 2.45) is 5.10 Å². The molecule has 1 amide bonds. The highest BCUT2D eigenvalue weighted by Gasteiger charge is 2.30. The number of nitro benzene ring substituents is 1. The van der Waals surface area contributed by atoms with Gasteiger partial charge in [0.2, 0.25) is 0 Å². The molecule has 160 valence electrons. The molecule has 8 nitrogen and oxygen atoms in total. The van der Waals surface area contributed by atoms with Crippen LogP contribution in [0.3, 0.4) is 0 Å². The Labute approximate surface area is 173 Å². The average molecular weight is 432 g/mol. The predicted octanol–water partition coefficient (Wildman–Crippen LogP) is 4.44. The van der Waals surface area contributed by atoms with Gasteiger partial charge in [0, 0.05) is 23.4 Å². The molecule has 1 aromatic heterocycles. The van der Waals surface area contributed by atoms with Crippen molar-refractivity contribution in [3.63, 3.8) is 0 Å². The molecular weight excluding hydrogens is 417 g/mol. The lowest BCUT2D eigenvalue weighted by atomic mass is 10.1. The number of hydrogen-bond acceptors (Lipinski definition) is 6. The Morgan fingerprint density at radius 2 is 1.87 bits per heavy atom. The second-order valence-electron chi connectivity index (χ2n) is 6.23. The third-order valence-electron chi connectivity index (χ3n) is 4.01. The van der Waals surface area contributed by atoms with Gasteiger partial charge in [-0.2, -0.15) is 18.3 Å². The first-order valence-corrected chi connectivity index (χ1v) is 8.80. The summed E-state index contributed by atoms with van der Waals surface area (Å²) in [6.07, 6.45) is -3.22. The van der Waals surface area contributed by atoms with E-state index in [1.807, 2.05) is 0 Å². The molecule has 1 heterocycles. The Morgan fingerprint density at radius 1 is 1.13 bits per heavy atom. The van der Waals surface area contributed by atoms with Gasteiger partial charge in [-0.25, -0.2) is 5.43 Å². The van der Waals surface area contributed by atoms with E-state index < -0.39 is 22.6 Å². The zero-order valence-corrected chi connectivity index (χ0v) is 15.7. The highest BCUT2D eigenvalue weighted by molar-refractivity contribution is 5.83. The summed E-state index contributed by atoms with van der Waals surface area (Å²) in [6, 6.07) is 13.5. The van der Waals surface area contributed by atoms with Crippen LogP contribution in [0, 0.1) is 10.1 Å². The van der Waals surface area contributed by atoms with E-state index in [2.05, 4.69) is 15.8 Å². The number of nitro groups is 1. The molecule has 11 heteroatoms. The Balaban J connectivity index is 1.52. The molecule has 0 spiro atoms. The summed E-state index contributed by atoms with van der Waals surface area (Å²) >= 11 is 0. The number of furan rings is 1. The van der Waals surface area contributed by atoms with Gasteiger partial charge in [-0.3, -0.25) is 14.9 Å². The lowest BCUT2D eigenvalue weighted by Crippen LogP contribution is -2.26. The van der Waals surface area contributed by atoms with E-state index in [0.29, 0.717) is 17.1 Å². The first kappa shape index (κ1) is 21.6. The molecule has 31 heavy (non-hydrogen) atoms. The van der Waals surface area contributed by atoms with Crippen molar-refractivity contribution in [3.8, 4) is 11.3 Å². The second-order valence-corrected chi connectivity index (χ2v) is 6.23. The van der Waals surface area contributed by atoms with Crippen LogP contribution in [-0.2, 0) is 11.0 Å².